The van der Waals surface area contributed by atoms with Gasteiger partial charge in [0, 0.05) is 19.2 Å². The van der Waals surface area contributed by atoms with Crippen LogP contribution in [0.3, 0.4) is 0 Å². The van der Waals surface area contributed by atoms with E-state index in [-0.39, 0.29) is 0 Å². The number of aromatic nitrogens is 1. The van der Waals surface area contributed by atoms with Crippen molar-refractivity contribution in [2.75, 3.05) is 13.2 Å². The molecule has 0 bridgehead atoms. The highest BCUT2D eigenvalue weighted by Gasteiger charge is 1.98. The smallest absolute Gasteiger partial charge is 0.133 e. The quantitative estimate of drug-likeness (QED) is 0.775. The summed E-state index contributed by atoms with van der Waals surface area (Å²) in [7, 11) is 0. The van der Waals surface area contributed by atoms with Crippen molar-refractivity contribution in [1.82, 2.24) is 10.5 Å². The van der Waals surface area contributed by atoms with Crippen LogP contribution in [0.2, 0.25) is 0 Å². The molecule has 90 valence electrons. The van der Waals surface area contributed by atoms with Gasteiger partial charge in [-0.3, -0.25) is 0 Å². The first-order chi connectivity index (χ1) is 8.34. The zero-order chi connectivity index (χ0) is 11.9. The molecule has 1 heterocycles. The van der Waals surface area contributed by atoms with Crippen LogP contribution in [0.4, 0.5) is 0 Å². The number of nitrogens with zero attached hydrogens (tertiary/aromatic N) is 1. The van der Waals surface area contributed by atoms with E-state index < -0.39 is 0 Å². The van der Waals surface area contributed by atoms with Crippen molar-refractivity contribution in [2.24, 2.45) is 0 Å². The van der Waals surface area contributed by atoms with E-state index in [1.165, 1.54) is 0 Å². The number of ether oxygens (including phenoxy) is 1. The number of aryl methyl sites for hydroxylation is 1. The lowest BCUT2D eigenvalue weighted by atomic mass is 10.3. The SMILES string of the molecule is Cc1cc(CNCCOc2ccccc2)no1. The molecule has 4 heteroatoms. The molecular formula is C13H16N2O2. The van der Waals surface area contributed by atoms with Gasteiger partial charge in [-0.25, -0.2) is 0 Å². The van der Waals surface area contributed by atoms with Crippen LogP contribution in [0.15, 0.2) is 40.9 Å². The van der Waals surface area contributed by atoms with Gasteiger partial charge in [-0.1, -0.05) is 23.4 Å². The Labute approximate surface area is 101 Å². The molecule has 1 N–H and O–H groups in total. The second-order valence-corrected chi connectivity index (χ2v) is 3.77. The molecule has 0 aliphatic heterocycles. The van der Waals surface area contributed by atoms with E-state index in [0.717, 1.165) is 23.7 Å². The van der Waals surface area contributed by atoms with Gasteiger partial charge in [0.25, 0.3) is 0 Å². The third-order valence-corrected chi connectivity index (χ3v) is 2.27. The highest BCUT2D eigenvalue weighted by atomic mass is 16.5. The third kappa shape index (κ3) is 3.92. The summed E-state index contributed by atoms with van der Waals surface area (Å²) >= 11 is 0. The van der Waals surface area contributed by atoms with E-state index in [1.54, 1.807) is 0 Å². The predicted octanol–water partition coefficient (Wildman–Crippen LogP) is 2.15. The fraction of sp³-hybridized carbons (Fsp3) is 0.308. The predicted molar refractivity (Wildman–Crippen MR) is 64.9 cm³/mol. The Kier molecular flexibility index (Phi) is 4.16. The number of nitrogens with one attached hydrogen (secondary N) is 1. The lowest BCUT2D eigenvalue weighted by molar-refractivity contribution is 0.312. The van der Waals surface area contributed by atoms with Gasteiger partial charge in [0.1, 0.15) is 18.1 Å². The van der Waals surface area contributed by atoms with Gasteiger partial charge in [-0.05, 0) is 19.1 Å². The average molecular weight is 232 g/mol. The molecule has 1 aromatic carbocycles. The molecule has 0 aliphatic rings. The molecule has 0 amide bonds. The van der Waals surface area contributed by atoms with E-state index in [9.17, 15) is 0 Å². The largest absolute Gasteiger partial charge is 0.492 e. The summed E-state index contributed by atoms with van der Waals surface area (Å²) in [6.07, 6.45) is 0. The average Bonchev–Trinajstić information content (AvgIpc) is 2.76. The van der Waals surface area contributed by atoms with Gasteiger partial charge in [-0.15, -0.1) is 0 Å². The molecule has 0 aliphatic carbocycles. The number of para-hydroxylation sites is 1. The maximum Gasteiger partial charge on any atom is 0.133 e. The molecule has 0 saturated carbocycles. The maximum atomic E-state index is 5.54. The second kappa shape index (κ2) is 6.06. The molecule has 2 rings (SSSR count). The van der Waals surface area contributed by atoms with Gasteiger partial charge in [0.05, 0.1) is 5.69 Å². The number of benzene rings is 1. The molecule has 0 radical (unpaired) electrons. The van der Waals surface area contributed by atoms with Crippen LogP contribution in [0.5, 0.6) is 5.75 Å². The Morgan fingerprint density at radius 3 is 2.82 bits per heavy atom. The van der Waals surface area contributed by atoms with Crippen LogP contribution in [-0.2, 0) is 6.54 Å². The lowest BCUT2D eigenvalue weighted by Crippen LogP contribution is -2.20. The van der Waals surface area contributed by atoms with Gasteiger partial charge in [0.15, 0.2) is 0 Å². The monoisotopic (exact) mass is 232 g/mol. The highest BCUT2D eigenvalue weighted by Crippen LogP contribution is 2.07. The summed E-state index contributed by atoms with van der Waals surface area (Å²) in [4.78, 5) is 0. The third-order valence-electron chi connectivity index (χ3n) is 2.27. The first-order valence-corrected chi connectivity index (χ1v) is 5.65. The standard InChI is InChI=1S/C13H16N2O2/c1-11-9-12(15-17-11)10-14-7-8-16-13-5-3-2-4-6-13/h2-6,9,14H,7-8,10H2,1H3. The summed E-state index contributed by atoms with van der Waals surface area (Å²) in [5.41, 5.74) is 0.919. The summed E-state index contributed by atoms with van der Waals surface area (Å²) in [6, 6.07) is 11.7. The van der Waals surface area contributed by atoms with Gasteiger partial charge < -0.3 is 14.6 Å². The first-order valence-electron chi connectivity index (χ1n) is 5.65. The summed E-state index contributed by atoms with van der Waals surface area (Å²) < 4.78 is 10.5. The van der Waals surface area contributed by atoms with Crippen LogP contribution < -0.4 is 10.1 Å². The molecule has 2 aromatic rings. The first kappa shape index (κ1) is 11.7. The van der Waals surface area contributed by atoms with Crippen LogP contribution in [0.25, 0.3) is 0 Å². The lowest BCUT2D eigenvalue weighted by Gasteiger charge is -2.05. The minimum atomic E-state index is 0.640. The molecule has 17 heavy (non-hydrogen) atoms. The summed E-state index contributed by atoms with van der Waals surface area (Å²) in [5, 5.41) is 7.13. The Morgan fingerprint density at radius 2 is 2.12 bits per heavy atom. The van der Waals surface area contributed by atoms with Gasteiger partial charge >= 0.3 is 0 Å². The fourth-order valence-corrected chi connectivity index (χ4v) is 1.48. The highest BCUT2D eigenvalue weighted by molar-refractivity contribution is 5.20. The van der Waals surface area contributed by atoms with Crippen molar-refractivity contribution in [2.45, 2.75) is 13.5 Å². The Balaban J connectivity index is 1.61. The molecular weight excluding hydrogens is 216 g/mol. The van der Waals surface area contributed by atoms with Crippen LogP contribution >= 0.6 is 0 Å². The fourth-order valence-electron chi connectivity index (χ4n) is 1.48. The van der Waals surface area contributed by atoms with Crippen LogP contribution in [0.1, 0.15) is 11.5 Å². The topological polar surface area (TPSA) is 47.3 Å². The molecule has 4 nitrogen and oxygen atoms in total. The van der Waals surface area contributed by atoms with Crippen molar-refractivity contribution < 1.29 is 9.26 Å². The molecule has 0 saturated heterocycles. The van der Waals surface area contributed by atoms with Crippen LogP contribution in [0, 0.1) is 6.92 Å². The van der Waals surface area contributed by atoms with E-state index in [4.69, 9.17) is 9.26 Å². The molecule has 1 aromatic heterocycles. The summed E-state index contributed by atoms with van der Waals surface area (Å²) in [5.74, 6) is 1.73. The Morgan fingerprint density at radius 1 is 1.29 bits per heavy atom. The van der Waals surface area contributed by atoms with Gasteiger partial charge in [-0.2, -0.15) is 0 Å². The second-order valence-electron chi connectivity index (χ2n) is 3.77. The molecule has 0 atom stereocenters. The van der Waals surface area contributed by atoms with E-state index >= 15 is 0 Å². The minimum absolute atomic E-state index is 0.640. The van der Waals surface area contributed by atoms with Crippen LogP contribution in [-0.4, -0.2) is 18.3 Å². The minimum Gasteiger partial charge on any atom is -0.492 e. The van der Waals surface area contributed by atoms with Crippen molar-refractivity contribution in [1.29, 1.82) is 0 Å². The zero-order valence-electron chi connectivity index (χ0n) is 9.85. The zero-order valence-corrected chi connectivity index (χ0v) is 9.85. The number of hydrogen-bond donors (Lipinski definition) is 1. The summed E-state index contributed by atoms with van der Waals surface area (Å²) in [6.45, 7) is 4.01. The molecule has 0 fully saturated rings. The Hall–Kier alpha value is -1.81. The van der Waals surface area contributed by atoms with Crippen molar-refractivity contribution in [3.05, 3.63) is 47.9 Å². The maximum absolute atomic E-state index is 5.54. The number of hydrogen-bond acceptors (Lipinski definition) is 4. The van der Waals surface area contributed by atoms with Crippen molar-refractivity contribution >= 4 is 0 Å². The van der Waals surface area contributed by atoms with Gasteiger partial charge in [0.2, 0.25) is 0 Å². The molecule has 0 spiro atoms. The van der Waals surface area contributed by atoms with E-state index in [1.807, 2.05) is 43.3 Å². The van der Waals surface area contributed by atoms with E-state index in [0.29, 0.717) is 13.2 Å². The Bertz CT molecular complexity index is 440. The van der Waals surface area contributed by atoms with Crippen molar-refractivity contribution in [3.8, 4) is 5.75 Å². The number of rotatable bonds is 6. The van der Waals surface area contributed by atoms with Crippen molar-refractivity contribution in [3.63, 3.8) is 0 Å². The van der Waals surface area contributed by atoms with E-state index in [2.05, 4.69) is 10.5 Å². The normalized spacial score (nSPS) is 10.4. The molecule has 0 unspecified atom stereocenters.